The van der Waals surface area contributed by atoms with Crippen molar-refractivity contribution in [2.45, 2.75) is 117 Å². The Bertz CT molecular complexity index is 167. The summed E-state index contributed by atoms with van der Waals surface area (Å²) in [4.78, 5) is 0. The number of unbranched alkanes of at least 4 members (excludes halogenated alkanes) is 11. The van der Waals surface area contributed by atoms with Gasteiger partial charge in [0, 0.05) is 6.61 Å². The fourth-order valence-electron chi connectivity index (χ4n) is 2.64. The van der Waals surface area contributed by atoms with Gasteiger partial charge in [0.15, 0.2) is 0 Å². The predicted molar refractivity (Wildman–Crippen MR) is 91.4 cm³/mol. The summed E-state index contributed by atoms with van der Waals surface area (Å²) in [6.45, 7) is 7.76. The highest BCUT2D eigenvalue weighted by molar-refractivity contribution is 4.52. The van der Waals surface area contributed by atoms with Crippen molar-refractivity contribution in [2.75, 3.05) is 6.61 Å². The molecule has 1 atom stereocenters. The van der Waals surface area contributed by atoms with Crippen LogP contribution < -0.4 is 0 Å². The van der Waals surface area contributed by atoms with Crippen LogP contribution in [0.5, 0.6) is 0 Å². The lowest BCUT2D eigenvalue weighted by Crippen LogP contribution is -2.09. The number of hydrogen-bond donors (Lipinski definition) is 0. The largest absolute Gasteiger partial charge is 0.379 e. The summed E-state index contributed by atoms with van der Waals surface area (Å²) in [5.74, 6) is 0. The summed E-state index contributed by atoms with van der Waals surface area (Å²) in [5, 5.41) is 0. The Morgan fingerprint density at radius 3 is 1.60 bits per heavy atom. The lowest BCUT2D eigenvalue weighted by molar-refractivity contribution is 0.0557. The van der Waals surface area contributed by atoms with Gasteiger partial charge in [-0.1, -0.05) is 90.9 Å². The molecule has 0 rings (SSSR count). The SMILES string of the molecule is CCCCCCCCCCCOC(C)CCCCCC. The average molecular weight is 285 g/mol. The summed E-state index contributed by atoms with van der Waals surface area (Å²) in [6, 6.07) is 0. The zero-order valence-electron chi connectivity index (χ0n) is 14.6. The lowest BCUT2D eigenvalue weighted by atomic mass is 10.1. The van der Waals surface area contributed by atoms with Crippen molar-refractivity contribution in [1.29, 1.82) is 0 Å². The second-order valence-corrected chi connectivity index (χ2v) is 6.36. The van der Waals surface area contributed by atoms with Gasteiger partial charge in [0.25, 0.3) is 0 Å². The fraction of sp³-hybridized carbons (Fsp3) is 1.00. The van der Waals surface area contributed by atoms with Crippen molar-refractivity contribution in [3.05, 3.63) is 0 Å². The molecule has 0 aliphatic heterocycles. The van der Waals surface area contributed by atoms with Gasteiger partial charge in [-0.25, -0.2) is 0 Å². The summed E-state index contributed by atoms with van der Waals surface area (Å²) >= 11 is 0. The van der Waals surface area contributed by atoms with Crippen LogP contribution in [0.25, 0.3) is 0 Å². The molecule has 0 saturated carbocycles. The van der Waals surface area contributed by atoms with E-state index in [1.54, 1.807) is 0 Å². The van der Waals surface area contributed by atoms with Crippen molar-refractivity contribution in [3.63, 3.8) is 0 Å². The van der Waals surface area contributed by atoms with Gasteiger partial charge in [0.2, 0.25) is 0 Å². The molecule has 122 valence electrons. The standard InChI is InChI=1S/C19H40O/c1-4-6-8-10-11-12-13-14-16-18-20-19(3)17-15-9-7-5-2/h19H,4-18H2,1-3H3. The van der Waals surface area contributed by atoms with E-state index in [-0.39, 0.29) is 0 Å². The molecule has 0 N–H and O–H groups in total. The highest BCUT2D eigenvalue weighted by Crippen LogP contribution is 2.11. The topological polar surface area (TPSA) is 9.23 Å². The molecule has 1 unspecified atom stereocenters. The minimum atomic E-state index is 0.473. The van der Waals surface area contributed by atoms with Crippen molar-refractivity contribution >= 4 is 0 Å². The van der Waals surface area contributed by atoms with Gasteiger partial charge in [-0.3, -0.25) is 0 Å². The van der Waals surface area contributed by atoms with Crippen molar-refractivity contribution < 1.29 is 4.74 Å². The van der Waals surface area contributed by atoms with Gasteiger partial charge in [0.1, 0.15) is 0 Å². The van der Waals surface area contributed by atoms with Crippen LogP contribution in [0.2, 0.25) is 0 Å². The van der Waals surface area contributed by atoms with Crippen LogP contribution >= 0.6 is 0 Å². The zero-order chi connectivity index (χ0) is 14.9. The van der Waals surface area contributed by atoms with E-state index in [0.717, 1.165) is 6.61 Å². The van der Waals surface area contributed by atoms with E-state index in [1.165, 1.54) is 89.9 Å². The molecule has 0 aromatic carbocycles. The quantitative estimate of drug-likeness (QED) is 0.280. The van der Waals surface area contributed by atoms with Crippen LogP contribution in [0.1, 0.15) is 111 Å². The van der Waals surface area contributed by atoms with Gasteiger partial charge in [-0.05, 0) is 19.8 Å². The van der Waals surface area contributed by atoms with E-state index in [9.17, 15) is 0 Å². The lowest BCUT2D eigenvalue weighted by Gasteiger charge is -2.12. The molecule has 0 aliphatic rings. The molecule has 0 aliphatic carbocycles. The van der Waals surface area contributed by atoms with Crippen LogP contribution in [-0.2, 0) is 4.74 Å². The number of rotatable bonds is 16. The molecule has 0 saturated heterocycles. The summed E-state index contributed by atoms with van der Waals surface area (Å²) in [7, 11) is 0. The molecular formula is C19H40O. The Hall–Kier alpha value is -0.0400. The fourth-order valence-corrected chi connectivity index (χ4v) is 2.64. The van der Waals surface area contributed by atoms with Crippen molar-refractivity contribution in [1.82, 2.24) is 0 Å². The molecule has 0 radical (unpaired) electrons. The van der Waals surface area contributed by atoms with Gasteiger partial charge < -0.3 is 4.74 Å². The molecule has 0 fully saturated rings. The molecule has 0 heterocycles. The first-order chi connectivity index (χ1) is 9.81. The molecule has 20 heavy (non-hydrogen) atoms. The van der Waals surface area contributed by atoms with E-state index < -0.39 is 0 Å². The van der Waals surface area contributed by atoms with Gasteiger partial charge in [-0.2, -0.15) is 0 Å². The van der Waals surface area contributed by atoms with E-state index in [2.05, 4.69) is 20.8 Å². The second kappa shape index (κ2) is 17.0. The van der Waals surface area contributed by atoms with E-state index in [1.807, 2.05) is 0 Å². The third-order valence-corrected chi connectivity index (χ3v) is 4.11. The van der Waals surface area contributed by atoms with E-state index in [0.29, 0.717) is 6.10 Å². The molecule has 1 nitrogen and oxygen atoms in total. The first-order valence-corrected chi connectivity index (χ1v) is 9.42. The van der Waals surface area contributed by atoms with Gasteiger partial charge in [0.05, 0.1) is 6.10 Å². The monoisotopic (exact) mass is 284 g/mol. The molecule has 1 heteroatoms. The molecule has 0 aromatic rings. The Labute approximate surface area is 128 Å². The molecule has 0 aromatic heterocycles. The van der Waals surface area contributed by atoms with Crippen LogP contribution in [0.3, 0.4) is 0 Å². The van der Waals surface area contributed by atoms with Crippen LogP contribution in [0, 0.1) is 0 Å². The Balaban J connectivity index is 3.07. The smallest absolute Gasteiger partial charge is 0.0547 e. The first-order valence-electron chi connectivity index (χ1n) is 9.42. The van der Waals surface area contributed by atoms with Crippen LogP contribution in [0.15, 0.2) is 0 Å². The third-order valence-electron chi connectivity index (χ3n) is 4.11. The first kappa shape index (κ1) is 20.0. The maximum atomic E-state index is 5.88. The Kier molecular flexibility index (Phi) is 17.0. The highest BCUT2D eigenvalue weighted by atomic mass is 16.5. The molecule has 0 amide bonds. The van der Waals surface area contributed by atoms with E-state index >= 15 is 0 Å². The average Bonchev–Trinajstić information content (AvgIpc) is 2.45. The Morgan fingerprint density at radius 2 is 1.05 bits per heavy atom. The van der Waals surface area contributed by atoms with Crippen molar-refractivity contribution in [2.24, 2.45) is 0 Å². The normalized spacial score (nSPS) is 12.8. The van der Waals surface area contributed by atoms with Crippen molar-refractivity contribution in [3.8, 4) is 0 Å². The molecule has 0 spiro atoms. The maximum absolute atomic E-state index is 5.88. The highest BCUT2D eigenvalue weighted by Gasteiger charge is 2.01. The molecule has 0 bridgehead atoms. The minimum absolute atomic E-state index is 0.473. The van der Waals surface area contributed by atoms with Crippen LogP contribution in [-0.4, -0.2) is 12.7 Å². The second-order valence-electron chi connectivity index (χ2n) is 6.36. The number of hydrogen-bond acceptors (Lipinski definition) is 1. The third kappa shape index (κ3) is 16.0. The molecular weight excluding hydrogens is 244 g/mol. The zero-order valence-corrected chi connectivity index (χ0v) is 14.6. The van der Waals surface area contributed by atoms with Gasteiger partial charge >= 0.3 is 0 Å². The summed E-state index contributed by atoms with van der Waals surface area (Å²) in [6.07, 6.45) is 19.7. The van der Waals surface area contributed by atoms with Crippen LogP contribution in [0.4, 0.5) is 0 Å². The minimum Gasteiger partial charge on any atom is -0.379 e. The predicted octanol–water partition coefficient (Wildman–Crippen LogP) is 6.89. The van der Waals surface area contributed by atoms with Gasteiger partial charge in [-0.15, -0.1) is 0 Å². The Morgan fingerprint density at radius 1 is 0.600 bits per heavy atom. The van der Waals surface area contributed by atoms with E-state index in [4.69, 9.17) is 4.74 Å². The maximum Gasteiger partial charge on any atom is 0.0547 e. The summed E-state index contributed by atoms with van der Waals surface area (Å²) in [5.41, 5.74) is 0. The summed E-state index contributed by atoms with van der Waals surface area (Å²) < 4.78 is 5.88. The number of ether oxygens (including phenoxy) is 1.